The zero-order valence-corrected chi connectivity index (χ0v) is 8.71. The second-order valence-corrected chi connectivity index (χ2v) is 4.04. The molecule has 0 unspecified atom stereocenters. The molecule has 3 heteroatoms. The molecule has 1 aromatic rings. The van der Waals surface area contributed by atoms with E-state index in [0.717, 1.165) is 31.0 Å². The van der Waals surface area contributed by atoms with E-state index in [0.29, 0.717) is 13.2 Å². The van der Waals surface area contributed by atoms with Crippen LogP contribution in [0.1, 0.15) is 17.5 Å². The van der Waals surface area contributed by atoms with Crippen molar-refractivity contribution in [1.82, 2.24) is 5.32 Å². The number of rotatable bonds is 0. The van der Waals surface area contributed by atoms with Crippen LogP contribution in [0.4, 0.5) is 0 Å². The first-order chi connectivity index (χ1) is 7.43. The van der Waals surface area contributed by atoms with Crippen molar-refractivity contribution in [2.45, 2.75) is 19.4 Å². The maximum atomic E-state index is 5.58. The first kappa shape index (κ1) is 9.04. The Hall–Kier alpha value is -1.22. The minimum atomic E-state index is 0.666. The molecule has 2 aliphatic rings. The van der Waals surface area contributed by atoms with Gasteiger partial charge < -0.3 is 14.8 Å². The van der Waals surface area contributed by atoms with Crippen LogP contribution in [0, 0.1) is 0 Å². The van der Waals surface area contributed by atoms with E-state index in [1.165, 1.54) is 17.5 Å². The maximum Gasteiger partial charge on any atom is 0.161 e. The fraction of sp³-hybridized carbons (Fsp3) is 0.500. The Bertz CT molecular complexity index is 341. The second-order valence-electron chi connectivity index (χ2n) is 4.04. The highest BCUT2D eigenvalue weighted by Crippen LogP contribution is 2.34. The molecular formula is C12H15NO2. The molecule has 3 rings (SSSR count). The van der Waals surface area contributed by atoms with Crippen LogP contribution in [-0.4, -0.2) is 19.8 Å². The summed E-state index contributed by atoms with van der Waals surface area (Å²) in [6.45, 7) is 3.39. The molecule has 0 saturated carbocycles. The Kier molecular flexibility index (Phi) is 2.25. The van der Waals surface area contributed by atoms with Crippen LogP contribution < -0.4 is 14.8 Å². The number of nitrogens with one attached hydrogen (secondary N) is 1. The van der Waals surface area contributed by atoms with Crippen molar-refractivity contribution < 1.29 is 9.47 Å². The third-order valence-electron chi connectivity index (χ3n) is 2.98. The highest BCUT2D eigenvalue weighted by Gasteiger charge is 2.16. The summed E-state index contributed by atoms with van der Waals surface area (Å²) in [5, 5.41) is 3.41. The van der Waals surface area contributed by atoms with Gasteiger partial charge in [0, 0.05) is 6.54 Å². The largest absolute Gasteiger partial charge is 0.486 e. The molecule has 2 heterocycles. The minimum absolute atomic E-state index is 0.666. The van der Waals surface area contributed by atoms with E-state index in [4.69, 9.17) is 9.47 Å². The molecule has 80 valence electrons. The molecule has 0 aromatic heterocycles. The standard InChI is InChI=1S/C12H15NO2/c1-2-9-6-11-12(15-5-4-14-11)7-10(9)8-13-3-1/h6-7,13H,1-5,8H2. The topological polar surface area (TPSA) is 30.5 Å². The van der Waals surface area contributed by atoms with Crippen LogP contribution in [0.15, 0.2) is 12.1 Å². The summed E-state index contributed by atoms with van der Waals surface area (Å²) >= 11 is 0. The summed E-state index contributed by atoms with van der Waals surface area (Å²) in [4.78, 5) is 0. The third kappa shape index (κ3) is 1.67. The van der Waals surface area contributed by atoms with E-state index in [9.17, 15) is 0 Å². The number of aryl methyl sites for hydroxylation is 1. The zero-order valence-electron chi connectivity index (χ0n) is 8.71. The van der Waals surface area contributed by atoms with E-state index >= 15 is 0 Å². The number of hydrogen-bond acceptors (Lipinski definition) is 3. The average Bonchev–Trinajstić information content (AvgIpc) is 2.50. The number of hydrogen-bond donors (Lipinski definition) is 1. The minimum Gasteiger partial charge on any atom is -0.486 e. The molecule has 3 nitrogen and oxygen atoms in total. The molecule has 0 radical (unpaired) electrons. The van der Waals surface area contributed by atoms with Gasteiger partial charge in [0.25, 0.3) is 0 Å². The molecule has 0 spiro atoms. The lowest BCUT2D eigenvalue weighted by Crippen LogP contribution is -2.16. The third-order valence-corrected chi connectivity index (χ3v) is 2.98. The highest BCUT2D eigenvalue weighted by molar-refractivity contribution is 5.48. The van der Waals surface area contributed by atoms with Gasteiger partial charge in [-0.3, -0.25) is 0 Å². The number of fused-ring (bicyclic) bond motifs is 2. The maximum absolute atomic E-state index is 5.58. The molecule has 1 aromatic carbocycles. The summed E-state index contributed by atoms with van der Waals surface area (Å²) in [7, 11) is 0. The van der Waals surface area contributed by atoms with Gasteiger partial charge in [0.15, 0.2) is 11.5 Å². The molecule has 15 heavy (non-hydrogen) atoms. The predicted molar refractivity (Wildman–Crippen MR) is 57.5 cm³/mol. The van der Waals surface area contributed by atoms with Crippen molar-refractivity contribution in [3.05, 3.63) is 23.3 Å². The van der Waals surface area contributed by atoms with Gasteiger partial charge in [0.2, 0.25) is 0 Å². The Labute approximate surface area is 89.4 Å². The fourth-order valence-corrected chi connectivity index (χ4v) is 2.20. The van der Waals surface area contributed by atoms with Gasteiger partial charge in [-0.05, 0) is 42.6 Å². The lowest BCUT2D eigenvalue weighted by Gasteiger charge is -2.20. The van der Waals surface area contributed by atoms with Crippen molar-refractivity contribution in [3.63, 3.8) is 0 Å². The quantitative estimate of drug-likeness (QED) is 0.696. The van der Waals surface area contributed by atoms with Gasteiger partial charge in [0.1, 0.15) is 13.2 Å². The molecule has 0 atom stereocenters. The monoisotopic (exact) mass is 205 g/mol. The summed E-state index contributed by atoms with van der Waals surface area (Å²) in [5.41, 5.74) is 2.76. The lowest BCUT2D eigenvalue weighted by atomic mass is 10.0. The van der Waals surface area contributed by atoms with Crippen LogP contribution >= 0.6 is 0 Å². The fourth-order valence-electron chi connectivity index (χ4n) is 2.20. The summed E-state index contributed by atoms with van der Waals surface area (Å²) < 4.78 is 11.2. The summed E-state index contributed by atoms with van der Waals surface area (Å²) in [6, 6.07) is 4.28. The van der Waals surface area contributed by atoms with E-state index in [1.54, 1.807) is 0 Å². The molecule has 2 aliphatic heterocycles. The van der Waals surface area contributed by atoms with Gasteiger partial charge in [-0.15, -0.1) is 0 Å². The first-order valence-corrected chi connectivity index (χ1v) is 5.55. The van der Waals surface area contributed by atoms with Crippen LogP contribution in [0.5, 0.6) is 11.5 Å². The number of benzene rings is 1. The predicted octanol–water partition coefficient (Wildman–Crippen LogP) is 1.49. The lowest BCUT2D eigenvalue weighted by molar-refractivity contribution is 0.171. The molecule has 0 aliphatic carbocycles. The van der Waals surface area contributed by atoms with Gasteiger partial charge in [-0.1, -0.05) is 0 Å². The number of ether oxygens (including phenoxy) is 2. The van der Waals surface area contributed by atoms with Gasteiger partial charge in [-0.2, -0.15) is 0 Å². The Morgan fingerprint density at radius 1 is 1.00 bits per heavy atom. The normalized spacial score (nSPS) is 19.2. The van der Waals surface area contributed by atoms with Crippen molar-refractivity contribution in [3.8, 4) is 11.5 Å². The summed E-state index contributed by atoms with van der Waals surface area (Å²) in [5.74, 6) is 1.82. The van der Waals surface area contributed by atoms with E-state index < -0.39 is 0 Å². The van der Waals surface area contributed by atoms with E-state index in [2.05, 4.69) is 17.4 Å². The molecule has 0 amide bonds. The van der Waals surface area contributed by atoms with Crippen LogP contribution in [-0.2, 0) is 13.0 Å². The Balaban J connectivity index is 2.02. The van der Waals surface area contributed by atoms with Crippen LogP contribution in [0.3, 0.4) is 0 Å². The molecule has 0 fully saturated rings. The molecule has 0 bridgehead atoms. The Morgan fingerprint density at radius 2 is 1.73 bits per heavy atom. The van der Waals surface area contributed by atoms with Crippen molar-refractivity contribution in [2.24, 2.45) is 0 Å². The van der Waals surface area contributed by atoms with E-state index in [-0.39, 0.29) is 0 Å². The van der Waals surface area contributed by atoms with Crippen molar-refractivity contribution in [1.29, 1.82) is 0 Å². The van der Waals surface area contributed by atoms with Crippen LogP contribution in [0.2, 0.25) is 0 Å². The van der Waals surface area contributed by atoms with Crippen LogP contribution in [0.25, 0.3) is 0 Å². The van der Waals surface area contributed by atoms with E-state index in [1.807, 2.05) is 0 Å². The SMILES string of the molecule is c1c2c(cc3c1OCCO3)CNCCC2. The average molecular weight is 205 g/mol. The Morgan fingerprint density at radius 3 is 2.53 bits per heavy atom. The first-order valence-electron chi connectivity index (χ1n) is 5.55. The van der Waals surface area contributed by atoms with Gasteiger partial charge in [0.05, 0.1) is 0 Å². The second kappa shape index (κ2) is 3.74. The van der Waals surface area contributed by atoms with Crippen molar-refractivity contribution >= 4 is 0 Å². The zero-order chi connectivity index (χ0) is 10.1. The van der Waals surface area contributed by atoms with Gasteiger partial charge >= 0.3 is 0 Å². The van der Waals surface area contributed by atoms with Gasteiger partial charge in [-0.25, -0.2) is 0 Å². The summed E-state index contributed by atoms with van der Waals surface area (Å²) in [6.07, 6.45) is 2.34. The van der Waals surface area contributed by atoms with Crippen molar-refractivity contribution in [2.75, 3.05) is 19.8 Å². The smallest absolute Gasteiger partial charge is 0.161 e. The molecule has 0 saturated heterocycles. The molecular weight excluding hydrogens is 190 g/mol. The molecule has 1 N–H and O–H groups in total. The highest BCUT2D eigenvalue weighted by atomic mass is 16.6.